The maximum atomic E-state index is 13.4. The van der Waals surface area contributed by atoms with E-state index in [1.165, 1.54) is 0 Å². The topological polar surface area (TPSA) is 42.0 Å². The van der Waals surface area contributed by atoms with Crippen LogP contribution >= 0.6 is 27.5 Å². The lowest BCUT2D eigenvalue weighted by Crippen LogP contribution is -2.14. The number of hydrogen-bond donors (Lipinski definition) is 1. The van der Waals surface area contributed by atoms with Crippen LogP contribution in [0.3, 0.4) is 0 Å². The van der Waals surface area contributed by atoms with E-state index in [1.54, 1.807) is 0 Å². The summed E-state index contributed by atoms with van der Waals surface area (Å²) in [5.74, 6) is -0.159. The minimum atomic E-state index is -0.159. The molecule has 3 nitrogen and oxygen atoms in total. The number of nitrogens with one attached hydrogen (secondary N) is 1. The van der Waals surface area contributed by atoms with Crippen molar-refractivity contribution in [2.24, 2.45) is 0 Å². The fraction of sp³-hybridized carbons (Fsp3) is 0.120. The summed E-state index contributed by atoms with van der Waals surface area (Å²) >= 11 is 9.51. The Kier molecular flexibility index (Phi) is 5.63. The van der Waals surface area contributed by atoms with Crippen LogP contribution in [0.4, 0.5) is 5.69 Å². The van der Waals surface area contributed by atoms with Gasteiger partial charge in [-0.25, -0.2) is 4.98 Å². The number of carbonyl (C=O) groups is 1. The van der Waals surface area contributed by atoms with Crippen molar-refractivity contribution in [1.29, 1.82) is 0 Å². The molecule has 0 aliphatic rings. The van der Waals surface area contributed by atoms with E-state index in [4.69, 9.17) is 16.6 Å². The molecule has 30 heavy (non-hydrogen) atoms. The van der Waals surface area contributed by atoms with Gasteiger partial charge in [0.15, 0.2) is 0 Å². The average molecular weight is 480 g/mol. The van der Waals surface area contributed by atoms with Gasteiger partial charge in [0, 0.05) is 26.1 Å². The van der Waals surface area contributed by atoms with E-state index in [-0.39, 0.29) is 5.91 Å². The number of aromatic nitrogens is 1. The van der Waals surface area contributed by atoms with Crippen molar-refractivity contribution in [3.8, 4) is 11.3 Å². The standard InChI is InChI=1S/C25H20BrClN2O/c1-14-10-16(3)24-20(11-14)21(13-23(28-24)17-4-7-19(27)8-5-17)25(30)29-22-9-6-18(26)12-15(22)2/h4-13H,1-3H3,(H,29,30). The highest BCUT2D eigenvalue weighted by molar-refractivity contribution is 9.10. The molecule has 150 valence electrons. The predicted molar refractivity (Wildman–Crippen MR) is 128 cm³/mol. The number of rotatable bonds is 3. The smallest absolute Gasteiger partial charge is 0.256 e. The fourth-order valence-electron chi connectivity index (χ4n) is 3.59. The quantitative estimate of drug-likeness (QED) is 0.330. The maximum absolute atomic E-state index is 13.4. The summed E-state index contributed by atoms with van der Waals surface area (Å²) in [7, 11) is 0. The molecule has 0 saturated carbocycles. The second-order valence-electron chi connectivity index (χ2n) is 7.45. The van der Waals surface area contributed by atoms with E-state index < -0.39 is 0 Å². The summed E-state index contributed by atoms with van der Waals surface area (Å²) in [5, 5.41) is 4.57. The first-order chi connectivity index (χ1) is 14.3. The Hall–Kier alpha value is -2.69. The lowest BCUT2D eigenvalue weighted by molar-refractivity contribution is 0.102. The van der Waals surface area contributed by atoms with E-state index >= 15 is 0 Å². The van der Waals surface area contributed by atoms with Crippen molar-refractivity contribution < 1.29 is 4.79 Å². The average Bonchev–Trinajstić information content (AvgIpc) is 2.70. The molecule has 0 bridgehead atoms. The molecule has 4 aromatic rings. The number of anilines is 1. The summed E-state index contributed by atoms with van der Waals surface area (Å²) in [6, 6.07) is 19.2. The van der Waals surface area contributed by atoms with Crippen LogP contribution in [0.2, 0.25) is 5.02 Å². The Morgan fingerprint density at radius 2 is 1.67 bits per heavy atom. The van der Waals surface area contributed by atoms with E-state index in [0.29, 0.717) is 10.6 Å². The molecule has 1 amide bonds. The summed E-state index contributed by atoms with van der Waals surface area (Å²) in [4.78, 5) is 18.2. The van der Waals surface area contributed by atoms with Crippen molar-refractivity contribution in [2.45, 2.75) is 20.8 Å². The van der Waals surface area contributed by atoms with Gasteiger partial charge >= 0.3 is 0 Å². The summed E-state index contributed by atoms with van der Waals surface area (Å²) in [6.45, 7) is 6.02. The van der Waals surface area contributed by atoms with Crippen LogP contribution in [0.15, 0.2) is 65.1 Å². The third kappa shape index (κ3) is 4.11. The lowest BCUT2D eigenvalue weighted by atomic mass is 9.99. The van der Waals surface area contributed by atoms with Gasteiger partial charge in [0.25, 0.3) is 5.91 Å². The van der Waals surface area contributed by atoms with Crippen LogP contribution < -0.4 is 5.32 Å². The van der Waals surface area contributed by atoms with Crippen LogP contribution in [0, 0.1) is 20.8 Å². The molecule has 1 aromatic heterocycles. The van der Waals surface area contributed by atoms with E-state index in [0.717, 1.165) is 49.0 Å². The van der Waals surface area contributed by atoms with E-state index in [1.807, 2.05) is 75.4 Å². The van der Waals surface area contributed by atoms with Gasteiger partial charge in [-0.05, 0) is 74.4 Å². The van der Waals surface area contributed by atoms with Crippen molar-refractivity contribution in [3.05, 3.63) is 92.4 Å². The largest absolute Gasteiger partial charge is 0.322 e. The first-order valence-electron chi connectivity index (χ1n) is 9.57. The van der Waals surface area contributed by atoms with Gasteiger partial charge in [0.05, 0.1) is 16.8 Å². The number of amides is 1. The molecule has 4 rings (SSSR count). The zero-order valence-corrected chi connectivity index (χ0v) is 19.2. The second-order valence-corrected chi connectivity index (χ2v) is 8.81. The Balaban J connectivity index is 1.87. The Morgan fingerprint density at radius 1 is 0.933 bits per heavy atom. The van der Waals surface area contributed by atoms with Gasteiger partial charge in [0.2, 0.25) is 0 Å². The summed E-state index contributed by atoms with van der Waals surface area (Å²) < 4.78 is 0.976. The number of hydrogen-bond acceptors (Lipinski definition) is 2. The van der Waals surface area contributed by atoms with Crippen LogP contribution in [-0.2, 0) is 0 Å². The molecule has 0 unspecified atom stereocenters. The molecular formula is C25H20BrClN2O. The molecule has 0 radical (unpaired) electrons. The van der Waals surface area contributed by atoms with Gasteiger partial charge < -0.3 is 5.32 Å². The molecule has 0 fully saturated rings. The molecular weight excluding hydrogens is 460 g/mol. The van der Waals surface area contributed by atoms with Gasteiger partial charge in [0.1, 0.15) is 0 Å². The number of aryl methyl sites for hydroxylation is 3. The highest BCUT2D eigenvalue weighted by atomic mass is 79.9. The highest BCUT2D eigenvalue weighted by Gasteiger charge is 2.17. The number of halogens is 2. The maximum Gasteiger partial charge on any atom is 0.256 e. The molecule has 0 spiro atoms. The second kappa shape index (κ2) is 8.21. The summed E-state index contributed by atoms with van der Waals surface area (Å²) in [6.07, 6.45) is 0. The van der Waals surface area contributed by atoms with Crippen LogP contribution in [0.25, 0.3) is 22.2 Å². The van der Waals surface area contributed by atoms with Gasteiger partial charge in [-0.3, -0.25) is 4.79 Å². The van der Waals surface area contributed by atoms with E-state index in [2.05, 4.69) is 27.3 Å². The van der Waals surface area contributed by atoms with Gasteiger partial charge in [-0.1, -0.05) is 51.3 Å². The number of benzene rings is 3. The minimum Gasteiger partial charge on any atom is -0.322 e. The predicted octanol–water partition coefficient (Wildman–Crippen LogP) is 7.50. The molecule has 0 aliphatic heterocycles. The first-order valence-corrected chi connectivity index (χ1v) is 10.7. The number of nitrogens with zero attached hydrogens (tertiary/aromatic N) is 1. The van der Waals surface area contributed by atoms with Gasteiger partial charge in [-0.15, -0.1) is 0 Å². The van der Waals surface area contributed by atoms with Crippen LogP contribution in [0.1, 0.15) is 27.0 Å². The molecule has 5 heteroatoms. The van der Waals surface area contributed by atoms with E-state index in [9.17, 15) is 4.79 Å². The Morgan fingerprint density at radius 3 is 2.37 bits per heavy atom. The van der Waals surface area contributed by atoms with Crippen molar-refractivity contribution in [2.75, 3.05) is 5.32 Å². The van der Waals surface area contributed by atoms with Gasteiger partial charge in [-0.2, -0.15) is 0 Å². The zero-order valence-electron chi connectivity index (χ0n) is 16.9. The third-order valence-electron chi connectivity index (χ3n) is 5.07. The SMILES string of the molecule is Cc1cc(C)c2nc(-c3ccc(Cl)cc3)cc(C(=O)Nc3ccc(Br)cc3C)c2c1. The number of pyridine rings is 1. The molecule has 0 atom stereocenters. The number of fused-ring (bicyclic) bond motifs is 1. The molecule has 0 aliphatic carbocycles. The number of carbonyl (C=O) groups excluding carboxylic acids is 1. The minimum absolute atomic E-state index is 0.159. The first kappa shape index (κ1) is 20.6. The Bertz CT molecular complexity index is 1280. The van der Waals surface area contributed by atoms with Crippen molar-refractivity contribution in [3.63, 3.8) is 0 Å². The highest BCUT2D eigenvalue weighted by Crippen LogP contribution is 2.30. The van der Waals surface area contributed by atoms with Crippen molar-refractivity contribution >= 4 is 50.0 Å². The normalized spacial score (nSPS) is 11.0. The monoisotopic (exact) mass is 478 g/mol. The van der Waals surface area contributed by atoms with Crippen LogP contribution in [0.5, 0.6) is 0 Å². The third-order valence-corrected chi connectivity index (χ3v) is 5.81. The molecule has 0 saturated heterocycles. The van der Waals surface area contributed by atoms with Crippen LogP contribution in [-0.4, -0.2) is 10.9 Å². The molecule has 1 heterocycles. The van der Waals surface area contributed by atoms with Crippen molar-refractivity contribution in [1.82, 2.24) is 4.98 Å². The summed E-state index contributed by atoms with van der Waals surface area (Å²) in [5.41, 5.74) is 6.97. The lowest BCUT2D eigenvalue weighted by Gasteiger charge is -2.14. The molecule has 1 N–H and O–H groups in total. The fourth-order valence-corrected chi connectivity index (χ4v) is 4.20. The Labute approximate surface area is 189 Å². The molecule has 3 aromatic carbocycles. The zero-order chi connectivity index (χ0) is 21.4.